The van der Waals surface area contributed by atoms with E-state index in [9.17, 15) is 18.0 Å². The van der Waals surface area contributed by atoms with Crippen LogP contribution in [0.15, 0.2) is 54.6 Å². The van der Waals surface area contributed by atoms with E-state index in [1.54, 1.807) is 6.07 Å². The molecule has 0 spiro atoms. The molecule has 0 bridgehead atoms. The molecule has 6 rings (SSSR count). The van der Waals surface area contributed by atoms with Crippen molar-refractivity contribution in [3.05, 3.63) is 71.4 Å². The SMILES string of the molecule is CN(C)CCn1nc(N)c2c(-c3ccc(NC(=O)C4(c5cccc(C(F)(F)F)c5)CC4)cc3)cc(C3CC3)nc21. The van der Waals surface area contributed by atoms with Gasteiger partial charge in [-0.3, -0.25) is 4.79 Å². The maximum Gasteiger partial charge on any atom is 0.416 e. The molecule has 2 aliphatic rings. The van der Waals surface area contributed by atoms with Gasteiger partial charge in [-0.05, 0) is 80.7 Å². The number of pyridine rings is 1. The number of nitrogens with one attached hydrogen (secondary N) is 1. The van der Waals surface area contributed by atoms with Gasteiger partial charge in [0, 0.05) is 23.8 Å². The molecule has 10 heteroatoms. The van der Waals surface area contributed by atoms with E-state index in [1.807, 2.05) is 43.0 Å². The molecule has 2 aromatic carbocycles. The number of likely N-dealkylation sites (N-methyl/N-ethyl adjacent to an activating group) is 1. The summed E-state index contributed by atoms with van der Waals surface area (Å²) in [5.41, 5.74) is 9.35. The van der Waals surface area contributed by atoms with Crippen molar-refractivity contribution in [2.45, 2.75) is 49.7 Å². The number of nitrogens with zero attached hydrogens (tertiary/aromatic N) is 4. The Morgan fingerprint density at radius 2 is 1.85 bits per heavy atom. The Hall–Kier alpha value is -3.92. The molecule has 2 heterocycles. The number of nitrogen functional groups attached to an aromatic ring is 1. The van der Waals surface area contributed by atoms with Crippen molar-refractivity contribution in [3.63, 3.8) is 0 Å². The molecule has 1 amide bonds. The number of fused-ring (bicyclic) bond motifs is 1. The van der Waals surface area contributed by atoms with Crippen LogP contribution in [0.1, 0.15) is 48.4 Å². The number of halogens is 3. The summed E-state index contributed by atoms with van der Waals surface area (Å²) in [4.78, 5) is 20.3. The van der Waals surface area contributed by atoms with Gasteiger partial charge in [-0.15, -0.1) is 0 Å². The first-order valence-electron chi connectivity index (χ1n) is 13.5. The lowest BCUT2D eigenvalue weighted by Crippen LogP contribution is -2.28. The quantitative estimate of drug-likeness (QED) is 0.290. The molecule has 40 heavy (non-hydrogen) atoms. The lowest BCUT2D eigenvalue weighted by molar-refractivity contribution is -0.137. The number of anilines is 2. The van der Waals surface area contributed by atoms with Gasteiger partial charge in [0.25, 0.3) is 0 Å². The standard InChI is InChI=1S/C30H31F3N6O/c1-38(2)14-15-39-27-25(26(34)37-39)23(17-24(36-27)19-6-7-19)18-8-10-22(11-9-18)35-28(40)29(12-13-29)20-4-3-5-21(16-20)30(31,32)33/h3-5,8-11,16-17,19H,6-7,12-15H2,1-2H3,(H2,34,37)(H,35,40). The summed E-state index contributed by atoms with van der Waals surface area (Å²) in [7, 11) is 4.02. The second kappa shape index (κ2) is 9.62. The van der Waals surface area contributed by atoms with Crippen molar-refractivity contribution >= 4 is 28.4 Å². The van der Waals surface area contributed by atoms with Crippen molar-refractivity contribution < 1.29 is 18.0 Å². The van der Waals surface area contributed by atoms with Gasteiger partial charge in [0.1, 0.15) is 0 Å². The second-order valence-electron chi connectivity index (χ2n) is 11.2. The van der Waals surface area contributed by atoms with Crippen LogP contribution >= 0.6 is 0 Å². The van der Waals surface area contributed by atoms with Crippen LogP contribution in [0.2, 0.25) is 0 Å². The lowest BCUT2D eigenvalue weighted by Gasteiger charge is -2.18. The van der Waals surface area contributed by atoms with Gasteiger partial charge in [-0.25, -0.2) is 9.67 Å². The molecule has 0 radical (unpaired) electrons. The molecule has 0 saturated heterocycles. The molecule has 2 fully saturated rings. The number of carbonyl (C=O) groups excluding carboxylic acids is 1. The second-order valence-corrected chi connectivity index (χ2v) is 11.2. The molecule has 208 valence electrons. The largest absolute Gasteiger partial charge is 0.416 e. The van der Waals surface area contributed by atoms with E-state index < -0.39 is 17.2 Å². The highest BCUT2D eigenvalue weighted by Crippen LogP contribution is 2.50. The third kappa shape index (κ3) is 4.92. The van der Waals surface area contributed by atoms with Crippen molar-refractivity contribution in [2.24, 2.45) is 0 Å². The number of aromatic nitrogens is 3. The van der Waals surface area contributed by atoms with E-state index in [-0.39, 0.29) is 5.91 Å². The average Bonchev–Trinajstić information content (AvgIpc) is 3.85. The number of hydrogen-bond acceptors (Lipinski definition) is 5. The number of nitrogens with two attached hydrogens (primary N) is 1. The zero-order valence-corrected chi connectivity index (χ0v) is 22.4. The van der Waals surface area contributed by atoms with Crippen LogP contribution in [-0.2, 0) is 22.9 Å². The maximum atomic E-state index is 13.2. The number of alkyl halides is 3. The minimum atomic E-state index is -4.46. The Kier molecular flexibility index (Phi) is 6.33. The average molecular weight is 549 g/mol. The van der Waals surface area contributed by atoms with Crippen LogP contribution in [0.4, 0.5) is 24.7 Å². The molecular weight excluding hydrogens is 517 g/mol. The summed E-state index contributed by atoms with van der Waals surface area (Å²) >= 11 is 0. The normalized spacial score (nSPS) is 16.4. The third-order valence-corrected chi connectivity index (χ3v) is 7.88. The summed E-state index contributed by atoms with van der Waals surface area (Å²) in [6.07, 6.45) is -1.22. The van der Waals surface area contributed by atoms with E-state index in [1.165, 1.54) is 6.07 Å². The predicted molar refractivity (Wildman–Crippen MR) is 149 cm³/mol. The summed E-state index contributed by atoms with van der Waals surface area (Å²) in [6.45, 7) is 1.47. The Bertz CT molecular complexity index is 1580. The monoisotopic (exact) mass is 548 g/mol. The number of amides is 1. The number of carbonyl (C=O) groups is 1. The number of benzene rings is 2. The molecule has 0 unspecified atom stereocenters. The van der Waals surface area contributed by atoms with Gasteiger partial charge in [-0.1, -0.05) is 30.3 Å². The summed E-state index contributed by atoms with van der Waals surface area (Å²) in [5, 5.41) is 8.32. The highest BCUT2D eigenvalue weighted by molar-refractivity contribution is 6.03. The number of rotatable bonds is 8. The summed E-state index contributed by atoms with van der Waals surface area (Å²) in [5.74, 6) is 0.562. The predicted octanol–water partition coefficient (Wildman–Crippen LogP) is 5.81. The van der Waals surface area contributed by atoms with Crippen LogP contribution < -0.4 is 11.1 Å². The van der Waals surface area contributed by atoms with Gasteiger partial charge >= 0.3 is 6.18 Å². The molecule has 0 aliphatic heterocycles. The fraction of sp³-hybridized carbons (Fsp3) is 0.367. The van der Waals surface area contributed by atoms with Crippen molar-refractivity contribution in [3.8, 4) is 11.1 Å². The molecule has 4 aromatic rings. The first-order chi connectivity index (χ1) is 19.0. The molecule has 3 N–H and O–H groups in total. The Labute approximate surface area is 230 Å². The molecule has 7 nitrogen and oxygen atoms in total. The fourth-order valence-electron chi connectivity index (χ4n) is 5.23. The van der Waals surface area contributed by atoms with Gasteiger partial charge < -0.3 is 16.0 Å². The van der Waals surface area contributed by atoms with E-state index in [2.05, 4.69) is 21.4 Å². The highest BCUT2D eigenvalue weighted by atomic mass is 19.4. The molecular formula is C30H31F3N6O. The van der Waals surface area contributed by atoms with Gasteiger partial charge in [-0.2, -0.15) is 18.3 Å². The number of hydrogen-bond donors (Lipinski definition) is 2. The summed E-state index contributed by atoms with van der Waals surface area (Å²) in [6, 6.07) is 14.6. The molecule has 2 aliphatic carbocycles. The van der Waals surface area contributed by atoms with Crippen LogP contribution in [0.25, 0.3) is 22.2 Å². The van der Waals surface area contributed by atoms with Crippen molar-refractivity contribution in [1.82, 2.24) is 19.7 Å². The maximum absolute atomic E-state index is 13.2. The van der Waals surface area contributed by atoms with E-state index >= 15 is 0 Å². The van der Waals surface area contributed by atoms with E-state index in [0.717, 1.165) is 59.4 Å². The Balaban J connectivity index is 1.28. The van der Waals surface area contributed by atoms with Crippen LogP contribution in [0.3, 0.4) is 0 Å². The third-order valence-electron chi connectivity index (χ3n) is 7.88. The lowest BCUT2D eigenvalue weighted by atomic mass is 9.93. The van der Waals surface area contributed by atoms with Gasteiger partial charge in [0.15, 0.2) is 11.5 Å². The highest BCUT2D eigenvalue weighted by Gasteiger charge is 2.51. The minimum Gasteiger partial charge on any atom is -0.382 e. The molecule has 0 atom stereocenters. The zero-order chi connectivity index (χ0) is 28.2. The Morgan fingerprint density at radius 1 is 1.12 bits per heavy atom. The van der Waals surface area contributed by atoms with Gasteiger partial charge in [0.05, 0.1) is 22.9 Å². The van der Waals surface area contributed by atoms with Crippen LogP contribution in [-0.4, -0.2) is 46.2 Å². The molecule has 2 saturated carbocycles. The smallest absolute Gasteiger partial charge is 0.382 e. The van der Waals surface area contributed by atoms with Gasteiger partial charge in [0.2, 0.25) is 5.91 Å². The summed E-state index contributed by atoms with van der Waals surface area (Å²) < 4.78 is 41.6. The van der Waals surface area contributed by atoms with Crippen molar-refractivity contribution in [1.29, 1.82) is 0 Å². The Morgan fingerprint density at radius 3 is 2.48 bits per heavy atom. The topological polar surface area (TPSA) is 89.1 Å². The van der Waals surface area contributed by atoms with Crippen LogP contribution in [0, 0.1) is 0 Å². The van der Waals surface area contributed by atoms with E-state index in [0.29, 0.717) is 42.4 Å². The first kappa shape index (κ1) is 26.3. The minimum absolute atomic E-state index is 0.298. The van der Waals surface area contributed by atoms with Crippen molar-refractivity contribution in [2.75, 3.05) is 31.7 Å². The fourth-order valence-corrected chi connectivity index (χ4v) is 5.23. The first-order valence-corrected chi connectivity index (χ1v) is 13.5. The van der Waals surface area contributed by atoms with E-state index in [4.69, 9.17) is 10.7 Å². The zero-order valence-electron chi connectivity index (χ0n) is 22.4. The molecule has 2 aromatic heterocycles. The van der Waals surface area contributed by atoms with Crippen LogP contribution in [0.5, 0.6) is 0 Å².